The Labute approximate surface area is 141 Å². The predicted molar refractivity (Wildman–Crippen MR) is 92.0 cm³/mol. The molecule has 1 saturated heterocycles. The van der Waals surface area contributed by atoms with Gasteiger partial charge in [0.15, 0.2) is 11.6 Å². The predicted octanol–water partition coefficient (Wildman–Crippen LogP) is 3.01. The van der Waals surface area contributed by atoms with Crippen molar-refractivity contribution in [1.29, 1.82) is 0 Å². The number of piperidine rings is 1. The Bertz CT molecular complexity index is 770. The fraction of sp³-hybridized carbons (Fsp3) is 0.421. The number of hydrogen-bond acceptors (Lipinski definition) is 4. The third kappa shape index (κ3) is 1.82. The molecular weight excluding hydrogens is 304 g/mol. The fourth-order valence-corrected chi connectivity index (χ4v) is 4.59. The number of carbonyl (C=O) groups is 1. The van der Waals surface area contributed by atoms with Crippen molar-refractivity contribution in [2.24, 2.45) is 5.41 Å². The van der Waals surface area contributed by atoms with E-state index < -0.39 is 11.1 Å². The minimum atomic E-state index is -1.34. The SMILES string of the molecule is CCC12C/C=C(/O)Nc3ccccc3C3=CC(=O)N(CCC1)C32O. The second-order valence-electron chi connectivity index (χ2n) is 6.92. The van der Waals surface area contributed by atoms with Gasteiger partial charge in [-0.25, -0.2) is 0 Å². The van der Waals surface area contributed by atoms with Crippen LogP contribution in [0.1, 0.15) is 38.2 Å². The monoisotopic (exact) mass is 326 g/mol. The van der Waals surface area contributed by atoms with Gasteiger partial charge in [-0.15, -0.1) is 0 Å². The molecule has 24 heavy (non-hydrogen) atoms. The van der Waals surface area contributed by atoms with E-state index in [0.29, 0.717) is 24.2 Å². The Hall–Kier alpha value is -2.27. The van der Waals surface area contributed by atoms with Gasteiger partial charge in [0.25, 0.3) is 0 Å². The van der Waals surface area contributed by atoms with Crippen LogP contribution in [-0.2, 0) is 4.79 Å². The zero-order valence-corrected chi connectivity index (χ0v) is 13.7. The van der Waals surface area contributed by atoms with E-state index >= 15 is 0 Å². The number of fused-ring (bicyclic) bond motifs is 2. The fourth-order valence-electron chi connectivity index (χ4n) is 4.59. The third-order valence-corrected chi connectivity index (χ3v) is 5.92. The minimum absolute atomic E-state index is 0.0860. The van der Waals surface area contributed by atoms with Crippen LogP contribution in [0.5, 0.6) is 0 Å². The summed E-state index contributed by atoms with van der Waals surface area (Å²) in [6, 6.07) is 7.48. The van der Waals surface area contributed by atoms with Crippen LogP contribution < -0.4 is 5.32 Å². The summed E-state index contributed by atoms with van der Waals surface area (Å²) in [4.78, 5) is 14.2. The van der Waals surface area contributed by atoms with Crippen molar-refractivity contribution < 1.29 is 15.0 Å². The van der Waals surface area contributed by atoms with E-state index in [1.807, 2.05) is 31.2 Å². The van der Waals surface area contributed by atoms with Gasteiger partial charge in [0, 0.05) is 34.9 Å². The molecule has 5 nitrogen and oxygen atoms in total. The van der Waals surface area contributed by atoms with Crippen LogP contribution in [0.4, 0.5) is 5.69 Å². The van der Waals surface area contributed by atoms with Crippen LogP contribution in [0.15, 0.2) is 42.3 Å². The Morgan fingerprint density at radius 2 is 2.12 bits per heavy atom. The van der Waals surface area contributed by atoms with Gasteiger partial charge in [0.1, 0.15) is 0 Å². The van der Waals surface area contributed by atoms with Crippen LogP contribution in [0, 0.1) is 5.41 Å². The highest BCUT2D eigenvalue weighted by Gasteiger charge is 2.61. The quantitative estimate of drug-likeness (QED) is 0.742. The first kappa shape index (κ1) is 15.3. The molecule has 0 bridgehead atoms. The van der Waals surface area contributed by atoms with Crippen molar-refractivity contribution in [3.8, 4) is 0 Å². The number of nitrogens with one attached hydrogen (secondary N) is 1. The van der Waals surface area contributed by atoms with E-state index in [-0.39, 0.29) is 11.8 Å². The summed E-state index contributed by atoms with van der Waals surface area (Å²) in [7, 11) is 0. The van der Waals surface area contributed by atoms with Gasteiger partial charge in [-0.3, -0.25) is 4.79 Å². The number of rotatable bonds is 1. The third-order valence-electron chi connectivity index (χ3n) is 5.92. The van der Waals surface area contributed by atoms with E-state index in [4.69, 9.17) is 0 Å². The van der Waals surface area contributed by atoms with Crippen molar-refractivity contribution in [2.45, 2.75) is 38.3 Å². The summed E-state index contributed by atoms with van der Waals surface area (Å²) in [5, 5.41) is 25.1. The summed E-state index contributed by atoms with van der Waals surface area (Å²) in [5.74, 6) is -0.0449. The number of nitrogens with zero attached hydrogens (tertiary/aromatic N) is 1. The molecule has 1 fully saturated rings. The summed E-state index contributed by atoms with van der Waals surface area (Å²) in [6.45, 7) is 2.60. The van der Waals surface area contributed by atoms with Gasteiger partial charge in [0.2, 0.25) is 5.91 Å². The maximum Gasteiger partial charge on any atom is 0.249 e. The smallest absolute Gasteiger partial charge is 0.249 e. The standard InChI is InChI=1S/C19H22N2O3/c1-2-18-9-5-11-21-17(23)12-14(19(18,21)24)13-6-3-4-7-15(13)20-16(22)8-10-18/h3-4,6-8,12,20,22,24H,2,5,9-11H2,1H3/b16-8+. The molecule has 0 aliphatic carbocycles. The molecular formula is C19H22N2O3. The summed E-state index contributed by atoms with van der Waals surface area (Å²) in [5.41, 5.74) is 0.252. The van der Waals surface area contributed by atoms with Gasteiger partial charge >= 0.3 is 0 Å². The molecule has 1 aromatic rings. The zero-order chi connectivity index (χ0) is 16.9. The first-order valence-corrected chi connectivity index (χ1v) is 8.53. The number of amides is 1. The molecule has 3 aliphatic rings. The second kappa shape index (κ2) is 5.11. The van der Waals surface area contributed by atoms with Crippen molar-refractivity contribution in [3.05, 3.63) is 47.9 Å². The molecule has 2 unspecified atom stereocenters. The molecule has 3 aliphatic heterocycles. The van der Waals surface area contributed by atoms with Crippen LogP contribution >= 0.6 is 0 Å². The Morgan fingerprint density at radius 1 is 1.33 bits per heavy atom. The highest BCUT2D eigenvalue weighted by atomic mass is 16.3. The lowest BCUT2D eigenvalue weighted by molar-refractivity contribution is -0.180. The lowest BCUT2D eigenvalue weighted by Crippen LogP contribution is -2.62. The zero-order valence-electron chi connectivity index (χ0n) is 13.7. The van der Waals surface area contributed by atoms with Crippen molar-refractivity contribution in [3.63, 3.8) is 0 Å². The number of anilines is 1. The van der Waals surface area contributed by atoms with E-state index in [2.05, 4.69) is 5.32 Å². The molecule has 4 rings (SSSR count). The molecule has 0 aromatic heterocycles. The molecule has 0 saturated carbocycles. The highest BCUT2D eigenvalue weighted by Crippen LogP contribution is 2.57. The summed E-state index contributed by atoms with van der Waals surface area (Å²) < 4.78 is 0. The van der Waals surface area contributed by atoms with Gasteiger partial charge in [-0.1, -0.05) is 25.1 Å². The minimum Gasteiger partial charge on any atom is -0.495 e. The summed E-state index contributed by atoms with van der Waals surface area (Å²) >= 11 is 0. The molecule has 126 valence electrons. The highest BCUT2D eigenvalue weighted by molar-refractivity contribution is 6.05. The summed E-state index contributed by atoms with van der Waals surface area (Å²) in [6.07, 6.45) is 6.19. The van der Waals surface area contributed by atoms with Gasteiger partial charge in [0.05, 0.1) is 0 Å². The molecule has 0 spiro atoms. The Balaban J connectivity index is 2.01. The van der Waals surface area contributed by atoms with Crippen LogP contribution in [0.3, 0.4) is 0 Å². The Kier molecular flexibility index (Phi) is 3.25. The van der Waals surface area contributed by atoms with Crippen LogP contribution in [0.2, 0.25) is 0 Å². The van der Waals surface area contributed by atoms with Crippen LogP contribution in [0.25, 0.3) is 5.57 Å². The molecule has 1 amide bonds. The van der Waals surface area contributed by atoms with Crippen molar-refractivity contribution in [1.82, 2.24) is 4.90 Å². The number of benzene rings is 1. The largest absolute Gasteiger partial charge is 0.495 e. The number of para-hydroxylation sites is 1. The van der Waals surface area contributed by atoms with Crippen molar-refractivity contribution in [2.75, 3.05) is 11.9 Å². The molecule has 5 heteroatoms. The topological polar surface area (TPSA) is 72.8 Å². The first-order valence-electron chi connectivity index (χ1n) is 8.53. The number of carbonyl (C=O) groups excluding carboxylic acids is 1. The Morgan fingerprint density at radius 3 is 2.92 bits per heavy atom. The van der Waals surface area contributed by atoms with E-state index in [9.17, 15) is 15.0 Å². The number of aliphatic hydroxyl groups is 2. The molecule has 0 radical (unpaired) electrons. The molecule has 1 aromatic carbocycles. The number of hydrogen-bond donors (Lipinski definition) is 3. The van der Waals surface area contributed by atoms with E-state index in [1.54, 1.807) is 17.1 Å². The van der Waals surface area contributed by atoms with E-state index in [0.717, 1.165) is 24.8 Å². The van der Waals surface area contributed by atoms with Gasteiger partial charge in [-0.05, 0) is 37.8 Å². The number of aliphatic hydroxyl groups excluding tert-OH is 1. The second-order valence-corrected chi connectivity index (χ2v) is 6.92. The lowest BCUT2D eigenvalue weighted by atomic mass is 9.64. The first-order chi connectivity index (χ1) is 11.5. The molecule has 3 heterocycles. The van der Waals surface area contributed by atoms with E-state index in [1.165, 1.54) is 0 Å². The normalized spacial score (nSPS) is 33.9. The molecule has 3 N–H and O–H groups in total. The average Bonchev–Trinajstić information content (AvgIpc) is 2.86. The maximum absolute atomic E-state index is 12.6. The maximum atomic E-state index is 12.6. The number of allylic oxidation sites excluding steroid dienone is 1. The average molecular weight is 326 g/mol. The molecule has 2 atom stereocenters. The lowest BCUT2D eigenvalue weighted by Gasteiger charge is -2.54. The van der Waals surface area contributed by atoms with Gasteiger partial charge in [-0.2, -0.15) is 0 Å². The van der Waals surface area contributed by atoms with Crippen LogP contribution in [-0.4, -0.2) is 33.3 Å². The van der Waals surface area contributed by atoms with Gasteiger partial charge < -0.3 is 20.4 Å². The van der Waals surface area contributed by atoms with Crippen molar-refractivity contribution >= 4 is 17.2 Å².